The summed E-state index contributed by atoms with van der Waals surface area (Å²) in [7, 11) is 0. The van der Waals surface area contributed by atoms with Crippen molar-refractivity contribution < 1.29 is 19.1 Å². The monoisotopic (exact) mass is 308 g/mol. The molecule has 0 aliphatic heterocycles. The molecule has 1 amide bonds. The van der Waals surface area contributed by atoms with Gasteiger partial charge < -0.3 is 15.0 Å². The molecule has 1 rings (SSSR count). The highest BCUT2D eigenvalue weighted by Gasteiger charge is 2.26. The van der Waals surface area contributed by atoms with Gasteiger partial charge in [-0.2, -0.15) is 0 Å². The number of hydrogen-bond acceptors (Lipinski definition) is 4. The van der Waals surface area contributed by atoms with Crippen LogP contribution in [0.1, 0.15) is 66.7 Å². The summed E-state index contributed by atoms with van der Waals surface area (Å²) in [6.45, 7) is 11.9. The van der Waals surface area contributed by atoms with Gasteiger partial charge in [0.2, 0.25) is 0 Å². The molecule has 1 aromatic rings. The van der Waals surface area contributed by atoms with Gasteiger partial charge in [-0.3, -0.25) is 9.59 Å². The third kappa shape index (κ3) is 4.19. The van der Waals surface area contributed by atoms with Gasteiger partial charge in [0.05, 0.1) is 0 Å². The fourth-order valence-corrected chi connectivity index (χ4v) is 2.23. The Kier molecular flexibility index (Phi) is 5.17. The van der Waals surface area contributed by atoms with E-state index in [0.29, 0.717) is 16.8 Å². The predicted molar refractivity (Wildman–Crippen MR) is 83.0 cm³/mol. The Morgan fingerprint density at radius 2 is 1.73 bits per heavy atom. The zero-order chi connectivity index (χ0) is 17.2. The smallest absolute Gasteiger partial charge is 0.355 e. The van der Waals surface area contributed by atoms with Crippen LogP contribution in [0.15, 0.2) is 0 Å². The van der Waals surface area contributed by atoms with E-state index >= 15 is 0 Å². The third-order valence-corrected chi connectivity index (χ3v) is 3.14. The Bertz CT molecular complexity index is 608. The lowest BCUT2D eigenvalue weighted by Crippen LogP contribution is -2.46. The molecule has 1 atom stereocenters. The molecule has 0 radical (unpaired) electrons. The summed E-state index contributed by atoms with van der Waals surface area (Å²) in [6.07, 6.45) is -0.921. The number of hydrogen-bond donors (Lipinski definition) is 2. The molecular formula is C16H24N2O4. The van der Waals surface area contributed by atoms with E-state index in [2.05, 4.69) is 10.3 Å². The highest BCUT2D eigenvalue weighted by atomic mass is 16.5. The van der Waals surface area contributed by atoms with Crippen LogP contribution in [0.3, 0.4) is 0 Å². The van der Waals surface area contributed by atoms with Gasteiger partial charge in [-0.05, 0) is 54.0 Å². The van der Waals surface area contributed by atoms with Crippen molar-refractivity contribution in [3.8, 4) is 0 Å². The first kappa shape index (κ1) is 17.9. The number of aromatic nitrogens is 1. The average molecular weight is 308 g/mol. The van der Waals surface area contributed by atoms with Gasteiger partial charge >= 0.3 is 5.97 Å². The topological polar surface area (TPSA) is 88.3 Å². The second-order valence-corrected chi connectivity index (χ2v) is 6.47. The van der Waals surface area contributed by atoms with Crippen LogP contribution in [0.25, 0.3) is 0 Å². The molecule has 0 aliphatic carbocycles. The number of nitrogens with one attached hydrogen (secondary N) is 2. The van der Waals surface area contributed by atoms with Crippen molar-refractivity contribution in [2.45, 2.75) is 60.1 Å². The van der Waals surface area contributed by atoms with E-state index in [-0.39, 0.29) is 17.4 Å². The molecule has 2 N–H and O–H groups in total. The number of ketones is 1. The molecule has 0 aliphatic rings. The minimum atomic E-state index is -0.921. The Morgan fingerprint density at radius 3 is 2.14 bits per heavy atom. The van der Waals surface area contributed by atoms with Gasteiger partial charge in [-0.1, -0.05) is 0 Å². The SMILES string of the molecule is CC(=O)c1c(C)[nH]c(C(=O)O[C@H](C)C(=O)NC(C)(C)C)c1C. The first-order valence-corrected chi connectivity index (χ1v) is 7.17. The molecule has 22 heavy (non-hydrogen) atoms. The molecule has 0 fully saturated rings. The number of H-pyrrole nitrogens is 1. The lowest BCUT2D eigenvalue weighted by molar-refractivity contribution is -0.130. The van der Waals surface area contributed by atoms with E-state index in [1.54, 1.807) is 13.8 Å². The maximum absolute atomic E-state index is 12.2. The van der Waals surface area contributed by atoms with Crippen LogP contribution >= 0.6 is 0 Å². The van der Waals surface area contributed by atoms with E-state index in [4.69, 9.17) is 4.74 Å². The summed E-state index contributed by atoms with van der Waals surface area (Å²) in [5, 5.41) is 2.74. The molecule has 1 aromatic heterocycles. The van der Waals surface area contributed by atoms with Gasteiger partial charge in [0, 0.05) is 16.8 Å². The Hall–Kier alpha value is -2.11. The third-order valence-electron chi connectivity index (χ3n) is 3.14. The second-order valence-electron chi connectivity index (χ2n) is 6.47. The van der Waals surface area contributed by atoms with E-state index in [0.717, 1.165) is 0 Å². The van der Waals surface area contributed by atoms with Crippen LogP contribution in [0, 0.1) is 13.8 Å². The molecule has 0 unspecified atom stereocenters. The van der Waals surface area contributed by atoms with Gasteiger partial charge in [-0.25, -0.2) is 4.79 Å². The van der Waals surface area contributed by atoms with Crippen LogP contribution in [0.5, 0.6) is 0 Å². The highest BCUT2D eigenvalue weighted by molar-refractivity contribution is 6.01. The molecule has 0 spiro atoms. The number of ether oxygens (including phenoxy) is 1. The van der Waals surface area contributed by atoms with E-state index in [1.807, 2.05) is 20.8 Å². The normalized spacial score (nSPS) is 12.7. The number of aryl methyl sites for hydroxylation is 1. The van der Waals surface area contributed by atoms with Crippen LogP contribution < -0.4 is 5.32 Å². The summed E-state index contributed by atoms with van der Waals surface area (Å²) >= 11 is 0. The maximum Gasteiger partial charge on any atom is 0.355 e. The van der Waals surface area contributed by atoms with Crippen molar-refractivity contribution >= 4 is 17.7 Å². The number of esters is 1. The van der Waals surface area contributed by atoms with Crippen molar-refractivity contribution in [2.24, 2.45) is 0 Å². The van der Waals surface area contributed by atoms with Crippen LogP contribution in [-0.2, 0) is 9.53 Å². The fraction of sp³-hybridized carbons (Fsp3) is 0.562. The molecule has 1 heterocycles. The maximum atomic E-state index is 12.2. The van der Waals surface area contributed by atoms with Crippen molar-refractivity contribution in [1.29, 1.82) is 0 Å². The Morgan fingerprint density at radius 1 is 1.18 bits per heavy atom. The summed E-state index contributed by atoms with van der Waals surface area (Å²) in [6, 6.07) is 0. The summed E-state index contributed by atoms with van der Waals surface area (Å²) in [5.41, 5.74) is 1.44. The second kappa shape index (κ2) is 6.34. The lowest BCUT2D eigenvalue weighted by atomic mass is 10.1. The summed E-state index contributed by atoms with van der Waals surface area (Å²) < 4.78 is 5.18. The van der Waals surface area contributed by atoms with Crippen molar-refractivity contribution in [2.75, 3.05) is 0 Å². The lowest BCUT2D eigenvalue weighted by Gasteiger charge is -2.23. The predicted octanol–water partition coefficient (Wildman–Crippen LogP) is 2.29. The van der Waals surface area contributed by atoms with E-state index in [9.17, 15) is 14.4 Å². The molecule has 0 bridgehead atoms. The molecular weight excluding hydrogens is 284 g/mol. The minimum absolute atomic E-state index is 0.121. The number of aromatic amines is 1. The zero-order valence-corrected chi connectivity index (χ0v) is 14.2. The van der Waals surface area contributed by atoms with Crippen LogP contribution in [-0.4, -0.2) is 34.3 Å². The van der Waals surface area contributed by atoms with E-state index in [1.165, 1.54) is 13.8 Å². The Balaban J connectivity index is 2.88. The largest absolute Gasteiger partial charge is 0.448 e. The molecule has 0 saturated carbocycles. The molecule has 122 valence electrons. The number of carbonyl (C=O) groups is 3. The van der Waals surface area contributed by atoms with Gasteiger partial charge in [0.1, 0.15) is 5.69 Å². The molecule has 0 saturated heterocycles. The van der Waals surface area contributed by atoms with Crippen molar-refractivity contribution in [1.82, 2.24) is 10.3 Å². The van der Waals surface area contributed by atoms with Gasteiger partial charge in [-0.15, -0.1) is 0 Å². The molecule has 0 aromatic carbocycles. The zero-order valence-electron chi connectivity index (χ0n) is 14.2. The van der Waals surface area contributed by atoms with E-state index < -0.39 is 17.6 Å². The Labute approximate surface area is 130 Å². The van der Waals surface area contributed by atoms with Gasteiger partial charge in [0.25, 0.3) is 5.91 Å². The fourth-order valence-electron chi connectivity index (χ4n) is 2.23. The standard InChI is InChI=1S/C16H24N2O4/c1-8-12(10(3)19)9(2)17-13(8)15(21)22-11(4)14(20)18-16(5,6)7/h11,17H,1-7H3,(H,18,20)/t11-/m1/s1. The highest BCUT2D eigenvalue weighted by Crippen LogP contribution is 2.19. The average Bonchev–Trinajstić information content (AvgIpc) is 2.62. The number of rotatable bonds is 4. The van der Waals surface area contributed by atoms with Gasteiger partial charge in [0.15, 0.2) is 11.9 Å². The quantitative estimate of drug-likeness (QED) is 0.660. The molecule has 6 nitrogen and oxygen atoms in total. The first-order valence-electron chi connectivity index (χ1n) is 7.17. The number of Topliss-reactive ketones (excluding diaryl/α,β-unsaturated/α-hetero) is 1. The van der Waals surface area contributed by atoms with Crippen LogP contribution in [0.2, 0.25) is 0 Å². The number of carbonyl (C=O) groups excluding carboxylic acids is 3. The van der Waals surface area contributed by atoms with Crippen molar-refractivity contribution in [3.63, 3.8) is 0 Å². The summed E-state index contributed by atoms with van der Waals surface area (Å²) in [5.74, 6) is -1.14. The van der Waals surface area contributed by atoms with Crippen LogP contribution in [0.4, 0.5) is 0 Å². The molecule has 6 heteroatoms. The number of amides is 1. The minimum Gasteiger partial charge on any atom is -0.448 e. The summed E-state index contributed by atoms with van der Waals surface area (Å²) in [4.78, 5) is 38.6. The first-order chi connectivity index (χ1) is 9.94. The van der Waals surface area contributed by atoms with Crippen molar-refractivity contribution in [3.05, 3.63) is 22.5 Å².